The fourth-order valence-electron chi connectivity index (χ4n) is 2.15. The molecule has 0 spiro atoms. The number of likely N-dealkylation sites (N-methyl/N-ethyl adjacent to an activating group) is 1. The maximum absolute atomic E-state index is 5.71. The number of hydrogen-bond acceptors (Lipinski definition) is 4. The van der Waals surface area contributed by atoms with Gasteiger partial charge in [0.15, 0.2) is 5.89 Å². The standard InChI is InChI=1S/C12H21N3O/c1-13-6-4-11-9-15-12(16-11)7-10-3-2-5-14-8-10/h9-10,13-14H,2-8H2,1H3. The van der Waals surface area contributed by atoms with Gasteiger partial charge in [0.05, 0.1) is 6.20 Å². The molecule has 0 aromatic carbocycles. The number of piperidine rings is 1. The number of oxazole rings is 1. The molecule has 1 aromatic rings. The minimum atomic E-state index is 0.699. The largest absolute Gasteiger partial charge is 0.446 e. The summed E-state index contributed by atoms with van der Waals surface area (Å²) in [4.78, 5) is 4.34. The van der Waals surface area contributed by atoms with E-state index in [0.717, 1.165) is 44.1 Å². The Hall–Kier alpha value is -0.870. The zero-order valence-corrected chi connectivity index (χ0v) is 9.96. The van der Waals surface area contributed by atoms with Gasteiger partial charge in [0.25, 0.3) is 0 Å². The Labute approximate surface area is 96.8 Å². The van der Waals surface area contributed by atoms with E-state index in [2.05, 4.69) is 15.6 Å². The van der Waals surface area contributed by atoms with Crippen molar-refractivity contribution in [2.45, 2.75) is 25.7 Å². The molecule has 2 rings (SSSR count). The molecule has 0 aliphatic carbocycles. The van der Waals surface area contributed by atoms with Crippen molar-refractivity contribution in [2.75, 3.05) is 26.7 Å². The highest BCUT2D eigenvalue weighted by Gasteiger charge is 2.16. The second-order valence-corrected chi connectivity index (χ2v) is 4.49. The summed E-state index contributed by atoms with van der Waals surface area (Å²) in [5.74, 6) is 2.59. The van der Waals surface area contributed by atoms with Gasteiger partial charge in [-0.1, -0.05) is 0 Å². The second kappa shape index (κ2) is 6.01. The molecular formula is C12H21N3O. The maximum Gasteiger partial charge on any atom is 0.194 e. The Morgan fingerprint density at radius 1 is 1.62 bits per heavy atom. The van der Waals surface area contributed by atoms with Gasteiger partial charge in [-0.25, -0.2) is 4.98 Å². The zero-order valence-electron chi connectivity index (χ0n) is 9.96. The molecule has 0 bridgehead atoms. The SMILES string of the molecule is CNCCc1cnc(CC2CCCNC2)o1. The zero-order chi connectivity index (χ0) is 11.2. The molecule has 90 valence electrons. The van der Waals surface area contributed by atoms with Gasteiger partial charge in [0, 0.05) is 19.4 Å². The summed E-state index contributed by atoms with van der Waals surface area (Å²) in [6.45, 7) is 3.21. The van der Waals surface area contributed by atoms with Crippen LogP contribution in [0.2, 0.25) is 0 Å². The van der Waals surface area contributed by atoms with E-state index < -0.39 is 0 Å². The minimum absolute atomic E-state index is 0.699. The first-order valence-corrected chi connectivity index (χ1v) is 6.17. The van der Waals surface area contributed by atoms with Crippen LogP contribution < -0.4 is 10.6 Å². The molecule has 0 saturated carbocycles. The Morgan fingerprint density at radius 3 is 3.31 bits per heavy atom. The van der Waals surface area contributed by atoms with Crippen molar-refractivity contribution < 1.29 is 4.42 Å². The lowest BCUT2D eigenvalue weighted by molar-refractivity contribution is 0.339. The van der Waals surface area contributed by atoms with E-state index in [9.17, 15) is 0 Å². The van der Waals surface area contributed by atoms with Crippen molar-refractivity contribution in [1.29, 1.82) is 0 Å². The Balaban J connectivity index is 1.81. The van der Waals surface area contributed by atoms with Crippen LogP contribution in [0.1, 0.15) is 24.5 Å². The molecule has 1 unspecified atom stereocenters. The molecule has 0 radical (unpaired) electrons. The lowest BCUT2D eigenvalue weighted by Gasteiger charge is -2.21. The van der Waals surface area contributed by atoms with E-state index in [0.29, 0.717) is 5.92 Å². The van der Waals surface area contributed by atoms with E-state index in [1.807, 2.05) is 13.2 Å². The first-order chi connectivity index (χ1) is 7.88. The average molecular weight is 223 g/mol. The van der Waals surface area contributed by atoms with Gasteiger partial charge in [0.1, 0.15) is 5.76 Å². The quantitative estimate of drug-likeness (QED) is 0.781. The van der Waals surface area contributed by atoms with Crippen LogP contribution in [0.5, 0.6) is 0 Å². The van der Waals surface area contributed by atoms with E-state index in [-0.39, 0.29) is 0 Å². The molecule has 1 aliphatic heterocycles. The molecule has 16 heavy (non-hydrogen) atoms. The fourth-order valence-corrected chi connectivity index (χ4v) is 2.15. The molecule has 2 heterocycles. The molecule has 1 aliphatic rings. The summed E-state index contributed by atoms with van der Waals surface area (Å²) >= 11 is 0. The molecule has 1 fully saturated rings. The average Bonchev–Trinajstić information content (AvgIpc) is 2.75. The lowest BCUT2D eigenvalue weighted by atomic mass is 9.96. The summed E-state index contributed by atoms with van der Waals surface area (Å²) in [5, 5.41) is 6.53. The summed E-state index contributed by atoms with van der Waals surface area (Å²) in [5.41, 5.74) is 0. The van der Waals surface area contributed by atoms with Crippen LogP contribution in [0.4, 0.5) is 0 Å². The monoisotopic (exact) mass is 223 g/mol. The number of hydrogen-bond donors (Lipinski definition) is 2. The molecule has 1 atom stereocenters. The Kier molecular flexibility index (Phi) is 4.36. The summed E-state index contributed by atoms with van der Waals surface area (Å²) in [7, 11) is 1.95. The predicted molar refractivity (Wildman–Crippen MR) is 63.4 cm³/mol. The highest BCUT2D eigenvalue weighted by Crippen LogP contribution is 2.16. The van der Waals surface area contributed by atoms with Crippen molar-refractivity contribution in [2.24, 2.45) is 5.92 Å². The molecule has 1 saturated heterocycles. The van der Waals surface area contributed by atoms with Crippen molar-refractivity contribution in [3.8, 4) is 0 Å². The third-order valence-corrected chi connectivity index (χ3v) is 3.09. The predicted octanol–water partition coefficient (Wildman–Crippen LogP) is 0.979. The van der Waals surface area contributed by atoms with Gasteiger partial charge >= 0.3 is 0 Å². The first kappa shape index (κ1) is 11.6. The van der Waals surface area contributed by atoms with Crippen LogP contribution in [0.3, 0.4) is 0 Å². The number of rotatable bonds is 5. The van der Waals surface area contributed by atoms with Gasteiger partial charge < -0.3 is 15.1 Å². The molecular weight excluding hydrogens is 202 g/mol. The van der Waals surface area contributed by atoms with Crippen LogP contribution in [-0.4, -0.2) is 31.7 Å². The number of nitrogens with zero attached hydrogens (tertiary/aromatic N) is 1. The second-order valence-electron chi connectivity index (χ2n) is 4.49. The first-order valence-electron chi connectivity index (χ1n) is 6.17. The van der Waals surface area contributed by atoms with E-state index >= 15 is 0 Å². The Bertz CT molecular complexity index is 305. The third kappa shape index (κ3) is 3.32. The summed E-state index contributed by atoms with van der Waals surface area (Å²) in [6.07, 6.45) is 6.33. The van der Waals surface area contributed by atoms with Crippen LogP contribution in [0.25, 0.3) is 0 Å². The summed E-state index contributed by atoms with van der Waals surface area (Å²) in [6, 6.07) is 0. The minimum Gasteiger partial charge on any atom is -0.446 e. The van der Waals surface area contributed by atoms with Crippen LogP contribution >= 0.6 is 0 Å². The van der Waals surface area contributed by atoms with Gasteiger partial charge in [-0.15, -0.1) is 0 Å². The van der Waals surface area contributed by atoms with E-state index in [1.165, 1.54) is 12.8 Å². The Morgan fingerprint density at radius 2 is 2.56 bits per heavy atom. The number of nitrogens with one attached hydrogen (secondary N) is 2. The van der Waals surface area contributed by atoms with E-state index in [1.54, 1.807) is 0 Å². The van der Waals surface area contributed by atoms with Crippen molar-refractivity contribution in [1.82, 2.24) is 15.6 Å². The topological polar surface area (TPSA) is 50.1 Å². The molecule has 4 nitrogen and oxygen atoms in total. The third-order valence-electron chi connectivity index (χ3n) is 3.09. The van der Waals surface area contributed by atoms with Crippen LogP contribution in [-0.2, 0) is 12.8 Å². The lowest BCUT2D eigenvalue weighted by Crippen LogP contribution is -2.30. The van der Waals surface area contributed by atoms with Gasteiger partial charge in [-0.3, -0.25) is 0 Å². The maximum atomic E-state index is 5.71. The highest BCUT2D eigenvalue weighted by atomic mass is 16.4. The van der Waals surface area contributed by atoms with Crippen molar-refractivity contribution >= 4 is 0 Å². The number of aromatic nitrogens is 1. The fraction of sp³-hybridized carbons (Fsp3) is 0.750. The van der Waals surface area contributed by atoms with Gasteiger partial charge in [-0.05, 0) is 38.9 Å². The smallest absolute Gasteiger partial charge is 0.194 e. The van der Waals surface area contributed by atoms with Crippen LogP contribution in [0, 0.1) is 5.92 Å². The molecule has 2 N–H and O–H groups in total. The van der Waals surface area contributed by atoms with E-state index in [4.69, 9.17) is 4.42 Å². The summed E-state index contributed by atoms with van der Waals surface area (Å²) < 4.78 is 5.71. The normalized spacial score (nSPS) is 21.2. The van der Waals surface area contributed by atoms with Gasteiger partial charge in [-0.2, -0.15) is 0 Å². The van der Waals surface area contributed by atoms with Crippen molar-refractivity contribution in [3.05, 3.63) is 17.8 Å². The van der Waals surface area contributed by atoms with Crippen LogP contribution in [0.15, 0.2) is 10.6 Å². The van der Waals surface area contributed by atoms with Crippen molar-refractivity contribution in [3.63, 3.8) is 0 Å². The molecule has 4 heteroatoms. The molecule has 1 aromatic heterocycles. The van der Waals surface area contributed by atoms with Gasteiger partial charge in [0.2, 0.25) is 0 Å². The highest BCUT2D eigenvalue weighted by molar-refractivity contribution is 4.96. The molecule has 0 amide bonds.